The molecule has 0 amide bonds. The lowest BCUT2D eigenvalue weighted by Gasteiger charge is -2.08. The first-order chi connectivity index (χ1) is 18.7. The molecule has 0 fully saturated rings. The molecule has 7 aromatic rings. The minimum atomic E-state index is 0.478. The molecular formula is C30H23N7O. The molecule has 5 heterocycles. The first-order valence-electron chi connectivity index (χ1n) is 12.3. The summed E-state index contributed by atoms with van der Waals surface area (Å²) in [6.45, 7) is 2.46. The molecule has 0 bridgehead atoms. The smallest absolute Gasteiger partial charge is 0.138 e. The summed E-state index contributed by atoms with van der Waals surface area (Å²) in [7, 11) is 0. The van der Waals surface area contributed by atoms with Gasteiger partial charge in [-0.15, -0.1) is 0 Å². The monoisotopic (exact) mass is 497 g/mol. The first-order valence-corrected chi connectivity index (χ1v) is 12.3. The lowest BCUT2D eigenvalue weighted by atomic mass is 10.1. The Labute approximate surface area is 218 Å². The van der Waals surface area contributed by atoms with Gasteiger partial charge >= 0.3 is 0 Å². The first kappa shape index (κ1) is 22.0. The topological polar surface area (TPSA) is 97.3 Å². The second-order valence-corrected chi connectivity index (χ2v) is 9.21. The summed E-state index contributed by atoms with van der Waals surface area (Å²) in [5.74, 6) is 0.693. The van der Waals surface area contributed by atoms with Crippen LogP contribution in [0.4, 0.5) is 0 Å². The molecule has 0 saturated heterocycles. The maximum atomic E-state index is 5.98. The van der Waals surface area contributed by atoms with Gasteiger partial charge in [0.2, 0.25) is 0 Å². The highest BCUT2D eigenvalue weighted by molar-refractivity contribution is 5.98. The highest BCUT2D eigenvalue weighted by Gasteiger charge is 2.15. The van der Waals surface area contributed by atoms with Crippen LogP contribution in [0.5, 0.6) is 5.75 Å². The minimum absolute atomic E-state index is 0.478. The van der Waals surface area contributed by atoms with Gasteiger partial charge in [0.25, 0.3) is 0 Å². The van der Waals surface area contributed by atoms with Gasteiger partial charge in [0.15, 0.2) is 0 Å². The Kier molecular flexibility index (Phi) is 5.21. The van der Waals surface area contributed by atoms with E-state index in [4.69, 9.17) is 4.74 Å². The average Bonchev–Trinajstić information content (AvgIpc) is 3.70. The van der Waals surface area contributed by atoms with E-state index in [9.17, 15) is 0 Å². The van der Waals surface area contributed by atoms with E-state index in [0.29, 0.717) is 12.4 Å². The predicted molar refractivity (Wildman–Crippen MR) is 147 cm³/mol. The minimum Gasteiger partial charge on any atom is -0.487 e. The van der Waals surface area contributed by atoms with Gasteiger partial charge in [-0.1, -0.05) is 36.4 Å². The summed E-state index contributed by atoms with van der Waals surface area (Å²) < 4.78 is 8.02. The Morgan fingerprint density at radius 2 is 1.79 bits per heavy atom. The highest BCUT2D eigenvalue weighted by atomic mass is 16.5. The molecule has 8 nitrogen and oxygen atoms in total. The van der Waals surface area contributed by atoms with Gasteiger partial charge in [0, 0.05) is 34.2 Å². The van der Waals surface area contributed by atoms with Crippen molar-refractivity contribution < 1.29 is 4.74 Å². The number of rotatable bonds is 6. The third-order valence-electron chi connectivity index (χ3n) is 6.59. The van der Waals surface area contributed by atoms with Crippen LogP contribution < -0.4 is 4.74 Å². The molecule has 8 heteroatoms. The molecule has 0 aliphatic heterocycles. The maximum Gasteiger partial charge on any atom is 0.138 e. The Bertz CT molecular complexity index is 1900. The second kappa shape index (κ2) is 9.01. The van der Waals surface area contributed by atoms with Crippen molar-refractivity contribution in [3.05, 3.63) is 109 Å². The van der Waals surface area contributed by atoms with Crippen molar-refractivity contribution in [3.8, 4) is 34.1 Å². The second-order valence-electron chi connectivity index (χ2n) is 9.21. The normalized spacial score (nSPS) is 11.4. The van der Waals surface area contributed by atoms with Crippen LogP contribution in [0, 0.1) is 6.92 Å². The van der Waals surface area contributed by atoms with Gasteiger partial charge in [0.1, 0.15) is 18.1 Å². The molecule has 0 radical (unpaired) electrons. The number of hydrogen-bond acceptors (Lipinski definition) is 5. The lowest BCUT2D eigenvalue weighted by molar-refractivity contribution is 0.305. The molecule has 2 N–H and O–H groups in total. The molecular weight excluding hydrogens is 474 g/mol. The molecule has 184 valence electrons. The number of pyridine rings is 2. The van der Waals surface area contributed by atoms with Crippen LogP contribution in [0.15, 0.2) is 97.8 Å². The van der Waals surface area contributed by atoms with Gasteiger partial charge in [0.05, 0.1) is 47.0 Å². The van der Waals surface area contributed by atoms with E-state index in [2.05, 4.69) is 48.3 Å². The van der Waals surface area contributed by atoms with E-state index in [-0.39, 0.29) is 0 Å². The molecule has 0 aliphatic carbocycles. The van der Waals surface area contributed by atoms with Crippen LogP contribution in [-0.4, -0.2) is 34.7 Å². The van der Waals surface area contributed by atoms with Crippen molar-refractivity contribution in [3.63, 3.8) is 0 Å². The van der Waals surface area contributed by atoms with E-state index < -0.39 is 0 Å². The third-order valence-corrected chi connectivity index (χ3v) is 6.59. The summed E-state index contributed by atoms with van der Waals surface area (Å²) in [4.78, 5) is 17.0. The zero-order chi connectivity index (χ0) is 25.5. The molecule has 0 unspecified atom stereocenters. The van der Waals surface area contributed by atoms with E-state index in [1.165, 1.54) is 0 Å². The fraction of sp³-hybridized carbons (Fsp3) is 0.0667. The molecule has 0 spiro atoms. The van der Waals surface area contributed by atoms with Crippen LogP contribution in [0.25, 0.3) is 50.1 Å². The summed E-state index contributed by atoms with van der Waals surface area (Å²) in [6, 6.07) is 22.4. The fourth-order valence-electron chi connectivity index (χ4n) is 4.70. The quantitative estimate of drug-likeness (QED) is 0.283. The molecule has 0 atom stereocenters. The number of aryl methyl sites for hydroxylation is 1. The van der Waals surface area contributed by atoms with Crippen molar-refractivity contribution in [2.24, 2.45) is 0 Å². The Morgan fingerprint density at radius 3 is 2.66 bits per heavy atom. The van der Waals surface area contributed by atoms with E-state index >= 15 is 0 Å². The van der Waals surface area contributed by atoms with Crippen molar-refractivity contribution in [2.75, 3.05) is 0 Å². The van der Waals surface area contributed by atoms with Crippen molar-refractivity contribution >= 4 is 21.8 Å². The van der Waals surface area contributed by atoms with Gasteiger partial charge in [-0.3, -0.25) is 15.1 Å². The summed E-state index contributed by atoms with van der Waals surface area (Å²) in [5, 5.41) is 9.81. The van der Waals surface area contributed by atoms with E-state index in [0.717, 1.165) is 61.4 Å². The number of aromatic nitrogens is 7. The Balaban J connectivity index is 1.24. The molecule has 0 saturated carbocycles. The summed E-state index contributed by atoms with van der Waals surface area (Å²) in [6.07, 6.45) is 9.18. The van der Waals surface area contributed by atoms with Crippen LogP contribution in [0.2, 0.25) is 0 Å². The number of benzene rings is 2. The largest absolute Gasteiger partial charge is 0.487 e. The molecule has 2 aromatic carbocycles. The number of H-pyrrole nitrogens is 2. The summed E-state index contributed by atoms with van der Waals surface area (Å²) >= 11 is 0. The zero-order valence-corrected chi connectivity index (χ0v) is 20.6. The lowest BCUT2D eigenvalue weighted by Crippen LogP contribution is -1.96. The number of ether oxygens (including phenoxy) is 1. The molecule has 38 heavy (non-hydrogen) atoms. The standard InChI is InChI=1S/C30H23N7O/c1-19-16-37(18-33-19)29-9-5-8-25-23(29)11-27(34-25)30-24-12-26(32-15-28(24)35-36-30)21-10-22(14-31-13-21)38-17-20-6-3-2-4-7-20/h2-16,18,34H,17H2,1H3,(H,35,36). The number of hydrogen-bond donors (Lipinski definition) is 2. The van der Waals surface area contributed by atoms with Gasteiger partial charge in [-0.05, 0) is 42.8 Å². The average molecular weight is 498 g/mol. The van der Waals surface area contributed by atoms with Crippen LogP contribution in [0.1, 0.15) is 11.3 Å². The molecule has 7 rings (SSSR count). The predicted octanol–water partition coefficient (Wildman–Crippen LogP) is 6.24. The van der Waals surface area contributed by atoms with Crippen molar-refractivity contribution in [1.82, 2.24) is 34.7 Å². The molecule has 5 aromatic heterocycles. The summed E-state index contributed by atoms with van der Waals surface area (Å²) in [5.41, 5.74) is 8.45. The number of nitrogens with zero attached hydrogens (tertiary/aromatic N) is 5. The number of aromatic amines is 2. The van der Waals surface area contributed by atoms with Gasteiger partial charge in [-0.2, -0.15) is 5.10 Å². The van der Waals surface area contributed by atoms with Crippen molar-refractivity contribution in [2.45, 2.75) is 13.5 Å². The number of fused-ring (bicyclic) bond motifs is 2. The van der Waals surface area contributed by atoms with Crippen LogP contribution in [0.3, 0.4) is 0 Å². The number of imidazole rings is 1. The Morgan fingerprint density at radius 1 is 0.868 bits per heavy atom. The molecule has 0 aliphatic rings. The Hall–Kier alpha value is -5.24. The van der Waals surface area contributed by atoms with E-state index in [1.54, 1.807) is 18.6 Å². The van der Waals surface area contributed by atoms with Crippen LogP contribution >= 0.6 is 0 Å². The maximum absolute atomic E-state index is 5.98. The number of nitrogens with one attached hydrogen (secondary N) is 2. The fourth-order valence-corrected chi connectivity index (χ4v) is 4.70. The highest BCUT2D eigenvalue weighted by Crippen LogP contribution is 2.33. The SMILES string of the molecule is Cc1cn(-c2cccc3[nH]c(-c4n[nH]c5cnc(-c6cncc(OCc7ccccc7)c6)cc45)cc23)cn1. The zero-order valence-electron chi connectivity index (χ0n) is 20.6. The van der Waals surface area contributed by atoms with Crippen molar-refractivity contribution in [1.29, 1.82) is 0 Å². The van der Waals surface area contributed by atoms with Crippen LogP contribution in [-0.2, 0) is 6.61 Å². The van der Waals surface area contributed by atoms with E-state index in [1.807, 2.05) is 72.5 Å². The third kappa shape index (κ3) is 3.98. The van der Waals surface area contributed by atoms with Gasteiger partial charge < -0.3 is 14.3 Å². The van der Waals surface area contributed by atoms with Gasteiger partial charge in [-0.25, -0.2) is 4.98 Å².